The quantitative estimate of drug-likeness (QED) is 0.247. The summed E-state index contributed by atoms with van der Waals surface area (Å²) in [4.78, 5) is 56.1. The summed E-state index contributed by atoms with van der Waals surface area (Å²) in [5, 5.41) is 3.59. The zero-order valence-electron chi connectivity index (χ0n) is 16.5. The van der Waals surface area contributed by atoms with Crippen molar-refractivity contribution in [2.45, 2.75) is 32.7 Å². The summed E-state index contributed by atoms with van der Waals surface area (Å²) in [5.41, 5.74) is 3.77. The van der Waals surface area contributed by atoms with E-state index in [1.54, 1.807) is 25.2 Å². The van der Waals surface area contributed by atoms with Crippen LogP contribution in [0.1, 0.15) is 47.4 Å². The number of imide groups is 2. The Hall–Kier alpha value is -2.05. The molecular weight excluding hydrogens is 491 g/mol. The van der Waals surface area contributed by atoms with E-state index in [4.69, 9.17) is 4.84 Å². The average Bonchev–Trinajstić information content (AvgIpc) is 2.92. The maximum Gasteiger partial charge on any atom is 0.264 e. The van der Waals surface area contributed by atoms with Crippen LogP contribution in [-0.2, 0) is 14.4 Å². The predicted octanol–water partition coefficient (Wildman–Crippen LogP) is 1.74. The second kappa shape index (κ2) is 8.36. The first-order chi connectivity index (χ1) is 13.6. The van der Waals surface area contributed by atoms with E-state index in [0.29, 0.717) is 12.3 Å². The molecule has 0 aliphatic carbocycles. The molecule has 1 saturated heterocycles. The van der Waals surface area contributed by atoms with Crippen LogP contribution < -0.4 is 10.7 Å². The molecule has 0 bridgehead atoms. The first kappa shape index (κ1) is 21.7. The van der Waals surface area contributed by atoms with E-state index in [1.807, 2.05) is 0 Å². The second-order valence-corrected chi connectivity index (χ2v) is 8.62. The molecule has 9 nitrogen and oxygen atoms in total. The van der Waals surface area contributed by atoms with Gasteiger partial charge in [0.1, 0.15) is 6.04 Å². The van der Waals surface area contributed by atoms with Crippen molar-refractivity contribution in [3.8, 4) is 0 Å². The summed E-state index contributed by atoms with van der Waals surface area (Å²) in [6, 6.07) is 3.88. The standard InChI is InChI=1S/C19H23IN4O5/c1-19(2,9-20)10-29-23(3)22-12-6-4-5-11-15(12)18(28)24(17(11)27)13-7-8-14(25)21-16(13)26/h4-6,13,22H,7-10H2,1-3H3,(H,21,25,26). The molecule has 29 heavy (non-hydrogen) atoms. The number of rotatable bonds is 7. The first-order valence-electron chi connectivity index (χ1n) is 9.18. The Balaban J connectivity index is 1.80. The molecule has 1 unspecified atom stereocenters. The third-order valence-electron chi connectivity index (χ3n) is 4.76. The lowest BCUT2D eigenvalue weighted by molar-refractivity contribution is -0.142. The van der Waals surface area contributed by atoms with Gasteiger partial charge in [-0.3, -0.25) is 39.7 Å². The van der Waals surface area contributed by atoms with Crippen LogP contribution >= 0.6 is 22.6 Å². The lowest BCUT2D eigenvalue weighted by Crippen LogP contribution is -2.54. The molecule has 0 aromatic heterocycles. The molecule has 1 aromatic rings. The Morgan fingerprint density at radius 2 is 2.00 bits per heavy atom. The zero-order chi connectivity index (χ0) is 21.3. The van der Waals surface area contributed by atoms with Gasteiger partial charge in [0, 0.05) is 17.9 Å². The highest BCUT2D eigenvalue weighted by molar-refractivity contribution is 14.1. The number of fused-ring (bicyclic) bond motifs is 1. The Morgan fingerprint density at radius 1 is 1.28 bits per heavy atom. The SMILES string of the molecule is CN(Nc1cccc2c1C(=O)N(C1CCC(=O)NC1=O)C2=O)OCC(C)(C)CI. The second-order valence-electron chi connectivity index (χ2n) is 7.86. The van der Waals surface area contributed by atoms with Gasteiger partial charge >= 0.3 is 0 Å². The molecule has 156 valence electrons. The van der Waals surface area contributed by atoms with E-state index < -0.39 is 29.7 Å². The number of hydroxylamine groups is 1. The van der Waals surface area contributed by atoms with Crippen LogP contribution in [0.3, 0.4) is 0 Å². The Labute approximate surface area is 182 Å². The Bertz CT molecular complexity index is 872. The number of carbonyl (C=O) groups is 4. The summed E-state index contributed by atoms with van der Waals surface area (Å²) in [6.07, 6.45) is 0.200. The van der Waals surface area contributed by atoms with E-state index in [0.717, 1.165) is 9.33 Å². The molecule has 1 fully saturated rings. The predicted molar refractivity (Wildman–Crippen MR) is 113 cm³/mol. The smallest absolute Gasteiger partial charge is 0.264 e. The number of piperidine rings is 1. The number of hydrogen-bond acceptors (Lipinski definition) is 7. The van der Waals surface area contributed by atoms with Crippen LogP contribution in [0.25, 0.3) is 0 Å². The molecule has 1 aromatic carbocycles. The first-order valence-corrected chi connectivity index (χ1v) is 10.7. The molecule has 2 heterocycles. The van der Waals surface area contributed by atoms with Gasteiger partial charge in [-0.15, -0.1) is 5.17 Å². The fourth-order valence-corrected chi connectivity index (χ4v) is 3.34. The molecule has 10 heteroatoms. The van der Waals surface area contributed by atoms with Crippen molar-refractivity contribution < 1.29 is 24.0 Å². The molecule has 0 spiro atoms. The number of anilines is 1. The molecule has 1 atom stereocenters. The van der Waals surface area contributed by atoms with Crippen molar-refractivity contribution in [1.29, 1.82) is 0 Å². The van der Waals surface area contributed by atoms with Crippen LogP contribution in [0.2, 0.25) is 0 Å². The number of amides is 4. The third-order valence-corrected chi connectivity index (χ3v) is 6.82. The largest absolute Gasteiger partial charge is 0.296 e. The maximum atomic E-state index is 13.0. The molecule has 0 radical (unpaired) electrons. The minimum atomic E-state index is -0.994. The highest BCUT2D eigenvalue weighted by Gasteiger charge is 2.45. The van der Waals surface area contributed by atoms with Crippen molar-refractivity contribution in [3.63, 3.8) is 0 Å². The molecule has 2 aliphatic rings. The van der Waals surface area contributed by atoms with Crippen molar-refractivity contribution in [1.82, 2.24) is 15.4 Å². The average molecular weight is 514 g/mol. The summed E-state index contributed by atoms with van der Waals surface area (Å²) >= 11 is 2.30. The van der Waals surface area contributed by atoms with Crippen molar-refractivity contribution >= 4 is 51.9 Å². The fraction of sp³-hybridized carbons (Fsp3) is 0.474. The number of alkyl halides is 1. The topological polar surface area (TPSA) is 108 Å². The minimum absolute atomic E-state index is 0.0243. The van der Waals surface area contributed by atoms with Gasteiger partial charge in [-0.25, -0.2) is 0 Å². The summed E-state index contributed by atoms with van der Waals surface area (Å²) < 4.78 is 0.910. The van der Waals surface area contributed by atoms with E-state index in [1.165, 1.54) is 5.17 Å². The van der Waals surface area contributed by atoms with Crippen LogP contribution in [-0.4, -0.2) is 57.8 Å². The van der Waals surface area contributed by atoms with Gasteiger partial charge in [0.25, 0.3) is 11.8 Å². The molecular formula is C19H23IN4O5. The number of benzene rings is 1. The molecule has 2 N–H and O–H groups in total. The number of halogens is 1. The number of hydrazine groups is 1. The molecule has 3 rings (SSSR count). The number of carbonyl (C=O) groups excluding carboxylic acids is 4. The van der Waals surface area contributed by atoms with Crippen LogP contribution in [0.15, 0.2) is 18.2 Å². The molecule has 2 aliphatic heterocycles. The molecule has 0 saturated carbocycles. The lowest BCUT2D eigenvalue weighted by atomic mass is 9.99. The Morgan fingerprint density at radius 3 is 2.66 bits per heavy atom. The van der Waals surface area contributed by atoms with Gasteiger partial charge < -0.3 is 0 Å². The van der Waals surface area contributed by atoms with E-state index in [9.17, 15) is 19.2 Å². The van der Waals surface area contributed by atoms with Gasteiger partial charge in [-0.2, -0.15) is 0 Å². The van der Waals surface area contributed by atoms with E-state index in [-0.39, 0.29) is 29.4 Å². The van der Waals surface area contributed by atoms with Gasteiger partial charge in [-0.1, -0.05) is 42.5 Å². The normalized spacial score (nSPS) is 19.6. The van der Waals surface area contributed by atoms with Gasteiger partial charge in [0.2, 0.25) is 11.8 Å². The van der Waals surface area contributed by atoms with Crippen molar-refractivity contribution in [3.05, 3.63) is 29.3 Å². The monoisotopic (exact) mass is 514 g/mol. The third kappa shape index (κ3) is 4.43. The van der Waals surface area contributed by atoms with Crippen LogP contribution in [0.4, 0.5) is 5.69 Å². The van der Waals surface area contributed by atoms with E-state index >= 15 is 0 Å². The van der Waals surface area contributed by atoms with Crippen LogP contribution in [0, 0.1) is 5.41 Å². The van der Waals surface area contributed by atoms with Crippen molar-refractivity contribution in [2.24, 2.45) is 5.41 Å². The maximum absolute atomic E-state index is 13.0. The van der Waals surface area contributed by atoms with Gasteiger partial charge in [0.05, 0.1) is 23.4 Å². The number of hydrogen-bond donors (Lipinski definition) is 2. The molecule has 4 amide bonds. The van der Waals surface area contributed by atoms with Crippen LogP contribution in [0.5, 0.6) is 0 Å². The highest BCUT2D eigenvalue weighted by atomic mass is 127. The van der Waals surface area contributed by atoms with Gasteiger partial charge in [-0.05, 0) is 24.0 Å². The summed E-state index contributed by atoms with van der Waals surface area (Å²) in [5.74, 6) is -2.15. The summed E-state index contributed by atoms with van der Waals surface area (Å²) in [7, 11) is 1.67. The fourth-order valence-electron chi connectivity index (χ4n) is 3.12. The highest BCUT2D eigenvalue weighted by Crippen LogP contribution is 2.32. The van der Waals surface area contributed by atoms with Gasteiger partial charge in [0.15, 0.2) is 0 Å². The minimum Gasteiger partial charge on any atom is -0.296 e. The number of nitrogens with zero attached hydrogens (tertiary/aromatic N) is 2. The van der Waals surface area contributed by atoms with E-state index in [2.05, 4.69) is 47.2 Å². The summed E-state index contributed by atoms with van der Waals surface area (Å²) in [6.45, 7) is 4.62. The zero-order valence-corrected chi connectivity index (χ0v) is 18.6. The Kier molecular flexibility index (Phi) is 6.24. The lowest BCUT2D eigenvalue weighted by Gasteiger charge is -2.28. The number of nitrogens with one attached hydrogen (secondary N) is 2. The van der Waals surface area contributed by atoms with Crippen molar-refractivity contribution in [2.75, 3.05) is 23.5 Å².